The molecule has 3 N–H and O–H groups in total. The molecule has 0 bridgehead atoms. The van der Waals surface area contributed by atoms with Crippen molar-refractivity contribution in [3.8, 4) is 0 Å². The van der Waals surface area contributed by atoms with Crippen LogP contribution in [0.3, 0.4) is 0 Å². The molecule has 0 heterocycles. The Balaban J connectivity index is 1.57. The molecule has 2 amide bonds. The monoisotopic (exact) mass is 411 g/mol. The van der Waals surface area contributed by atoms with Gasteiger partial charge in [-0.1, -0.05) is 36.4 Å². The summed E-state index contributed by atoms with van der Waals surface area (Å²) >= 11 is 0. The van der Waals surface area contributed by atoms with Crippen LogP contribution in [0.5, 0.6) is 0 Å². The molecule has 3 rings (SSSR count). The van der Waals surface area contributed by atoms with Gasteiger partial charge in [0.2, 0.25) is 21.8 Å². The number of fused-ring (bicyclic) bond motifs is 1. The number of hydrogen-bond donors (Lipinski definition) is 3. The highest BCUT2D eigenvalue weighted by Gasteiger charge is 2.15. The van der Waals surface area contributed by atoms with Crippen molar-refractivity contribution in [1.82, 2.24) is 4.72 Å². The Morgan fingerprint density at radius 1 is 0.828 bits per heavy atom. The van der Waals surface area contributed by atoms with Crippen molar-refractivity contribution in [1.29, 1.82) is 0 Å². The molecule has 0 saturated heterocycles. The third-order valence-electron chi connectivity index (χ3n) is 4.14. The lowest BCUT2D eigenvalue weighted by molar-refractivity contribution is -0.116. The van der Waals surface area contributed by atoms with E-state index < -0.39 is 10.0 Å². The van der Waals surface area contributed by atoms with Crippen molar-refractivity contribution in [2.75, 3.05) is 17.2 Å². The van der Waals surface area contributed by atoms with Crippen LogP contribution in [0.1, 0.15) is 13.3 Å². The third-order valence-corrected chi connectivity index (χ3v) is 5.60. The number of carbonyl (C=O) groups excluding carboxylic acids is 2. The molecule has 0 aliphatic heterocycles. The molecule has 3 aromatic rings. The topological polar surface area (TPSA) is 104 Å². The first kappa shape index (κ1) is 20.5. The minimum absolute atomic E-state index is 0.0306. The summed E-state index contributed by atoms with van der Waals surface area (Å²) in [5.74, 6) is -0.553. The van der Waals surface area contributed by atoms with Crippen molar-refractivity contribution < 1.29 is 18.0 Å². The molecule has 0 aliphatic carbocycles. The maximum absolute atomic E-state index is 12.5. The molecular formula is C21H21N3O4S. The van der Waals surface area contributed by atoms with Crippen LogP contribution in [-0.2, 0) is 19.6 Å². The average Bonchev–Trinajstić information content (AvgIpc) is 2.67. The highest BCUT2D eigenvalue weighted by Crippen LogP contribution is 2.19. The molecule has 0 fully saturated rings. The Labute approximate surface area is 169 Å². The summed E-state index contributed by atoms with van der Waals surface area (Å²) in [4.78, 5) is 23.4. The summed E-state index contributed by atoms with van der Waals surface area (Å²) in [5, 5.41) is 7.09. The summed E-state index contributed by atoms with van der Waals surface area (Å²) in [7, 11) is -3.72. The first-order valence-corrected chi connectivity index (χ1v) is 10.5. The highest BCUT2D eigenvalue weighted by molar-refractivity contribution is 7.89. The summed E-state index contributed by atoms with van der Waals surface area (Å²) in [6, 6.07) is 19.1. The number of hydrogen-bond acceptors (Lipinski definition) is 4. The van der Waals surface area contributed by atoms with Gasteiger partial charge in [0.1, 0.15) is 0 Å². The molecule has 0 aromatic heterocycles. The van der Waals surface area contributed by atoms with E-state index in [0.29, 0.717) is 11.4 Å². The standard InChI is InChI=1S/C21H21N3O4S/c1-15(25)23-18-7-4-8-19(14-18)24-21(26)11-12-22-29(27,28)20-10-9-16-5-2-3-6-17(16)13-20/h2-10,13-14,22H,11-12H2,1H3,(H,23,25)(H,24,26). The van der Waals surface area contributed by atoms with Crippen molar-refractivity contribution >= 4 is 44.0 Å². The van der Waals surface area contributed by atoms with E-state index in [9.17, 15) is 18.0 Å². The molecule has 0 radical (unpaired) electrons. The van der Waals surface area contributed by atoms with E-state index >= 15 is 0 Å². The summed E-state index contributed by atoms with van der Waals surface area (Å²) < 4.78 is 27.4. The van der Waals surface area contributed by atoms with Crippen molar-refractivity contribution in [2.45, 2.75) is 18.2 Å². The van der Waals surface area contributed by atoms with E-state index in [1.54, 1.807) is 36.4 Å². The van der Waals surface area contributed by atoms with Crippen molar-refractivity contribution in [3.63, 3.8) is 0 Å². The summed E-state index contributed by atoms with van der Waals surface area (Å²) in [6.45, 7) is 1.36. The Kier molecular flexibility index (Phi) is 6.26. The first-order chi connectivity index (χ1) is 13.8. The second-order valence-electron chi connectivity index (χ2n) is 6.47. The Bertz CT molecular complexity index is 1160. The van der Waals surface area contributed by atoms with Crippen molar-refractivity contribution in [3.05, 3.63) is 66.7 Å². The normalized spacial score (nSPS) is 11.2. The maximum Gasteiger partial charge on any atom is 0.240 e. The Morgan fingerprint density at radius 2 is 1.52 bits per heavy atom. The number of carbonyl (C=O) groups is 2. The Morgan fingerprint density at radius 3 is 2.24 bits per heavy atom. The molecule has 0 unspecified atom stereocenters. The van der Waals surface area contributed by atoms with Gasteiger partial charge < -0.3 is 10.6 Å². The lowest BCUT2D eigenvalue weighted by Gasteiger charge is -2.09. The van der Waals surface area contributed by atoms with Gasteiger partial charge in [0, 0.05) is 31.3 Å². The van der Waals surface area contributed by atoms with Gasteiger partial charge in [0.25, 0.3) is 0 Å². The van der Waals surface area contributed by atoms with E-state index in [-0.39, 0.29) is 29.7 Å². The fraction of sp³-hybridized carbons (Fsp3) is 0.143. The first-order valence-electron chi connectivity index (χ1n) is 8.99. The van der Waals surface area contributed by atoms with Gasteiger partial charge >= 0.3 is 0 Å². The SMILES string of the molecule is CC(=O)Nc1cccc(NC(=O)CCNS(=O)(=O)c2ccc3ccccc3c2)c1. The molecule has 0 aliphatic rings. The number of sulfonamides is 1. The van der Waals surface area contributed by atoms with E-state index in [2.05, 4.69) is 15.4 Å². The van der Waals surface area contributed by atoms with E-state index in [1.807, 2.05) is 24.3 Å². The van der Waals surface area contributed by atoms with Gasteiger partial charge in [-0.3, -0.25) is 9.59 Å². The largest absolute Gasteiger partial charge is 0.326 e. The smallest absolute Gasteiger partial charge is 0.240 e. The molecule has 0 spiro atoms. The minimum Gasteiger partial charge on any atom is -0.326 e. The predicted octanol–water partition coefficient (Wildman–Crippen LogP) is 3.11. The molecule has 29 heavy (non-hydrogen) atoms. The fourth-order valence-corrected chi connectivity index (χ4v) is 3.89. The molecule has 7 nitrogen and oxygen atoms in total. The van der Waals surface area contributed by atoms with Crippen LogP contribution in [0.2, 0.25) is 0 Å². The molecular weight excluding hydrogens is 390 g/mol. The van der Waals surface area contributed by atoms with Gasteiger partial charge in [-0.25, -0.2) is 13.1 Å². The second kappa shape index (κ2) is 8.85. The summed E-state index contributed by atoms with van der Waals surface area (Å²) in [6.07, 6.45) is -0.0306. The van der Waals surface area contributed by atoms with Gasteiger partial charge in [-0.15, -0.1) is 0 Å². The second-order valence-corrected chi connectivity index (χ2v) is 8.23. The maximum atomic E-state index is 12.5. The van der Waals surface area contributed by atoms with E-state index in [0.717, 1.165) is 10.8 Å². The number of nitrogens with one attached hydrogen (secondary N) is 3. The van der Waals surface area contributed by atoms with Crippen LogP contribution < -0.4 is 15.4 Å². The highest BCUT2D eigenvalue weighted by atomic mass is 32.2. The van der Waals surface area contributed by atoms with Crippen LogP contribution in [0, 0.1) is 0 Å². The van der Waals surface area contributed by atoms with E-state index in [4.69, 9.17) is 0 Å². The zero-order chi connectivity index (χ0) is 20.9. The quantitative estimate of drug-likeness (QED) is 0.556. The van der Waals surface area contributed by atoms with Gasteiger partial charge in [-0.2, -0.15) is 0 Å². The molecule has 150 valence electrons. The van der Waals surface area contributed by atoms with Gasteiger partial charge in [0.15, 0.2) is 0 Å². The predicted molar refractivity (Wildman–Crippen MR) is 113 cm³/mol. The minimum atomic E-state index is -3.72. The fourth-order valence-electron chi connectivity index (χ4n) is 2.82. The average molecular weight is 411 g/mol. The number of anilines is 2. The Hall–Kier alpha value is -3.23. The van der Waals surface area contributed by atoms with Crippen LogP contribution in [0.4, 0.5) is 11.4 Å². The molecule has 3 aromatic carbocycles. The van der Waals surface area contributed by atoms with Crippen LogP contribution in [0.25, 0.3) is 10.8 Å². The molecule has 0 atom stereocenters. The van der Waals surface area contributed by atoms with Crippen LogP contribution in [-0.4, -0.2) is 26.8 Å². The molecule has 0 saturated carbocycles. The zero-order valence-electron chi connectivity index (χ0n) is 15.8. The lowest BCUT2D eigenvalue weighted by atomic mass is 10.1. The van der Waals surface area contributed by atoms with Crippen LogP contribution >= 0.6 is 0 Å². The molecule has 8 heteroatoms. The number of amides is 2. The van der Waals surface area contributed by atoms with Crippen LogP contribution in [0.15, 0.2) is 71.6 Å². The summed E-state index contributed by atoms with van der Waals surface area (Å²) in [5.41, 5.74) is 1.07. The van der Waals surface area contributed by atoms with Crippen molar-refractivity contribution in [2.24, 2.45) is 0 Å². The lowest BCUT2D eigenvalue weighted by Crippen LogP contribution is -2.27. The third kappa shape index (κ3) is 5.63. The number of benzene rings is 3. The van der Waals surface area contributed by atoms with Gasteiger partial charge in [0.05, 0.1) is 4.90 Å². The van der Waals surface area contributed by atoms with Gasteiger partial charge in [-0.05, 0) is 41.1 Å². The van der Waals surface area contributed by atoms with E-state index in [1.165, 1.54) is 13.0 Å². The number of rotatable bonds is 7. The zero-order valence-corrected chi connectivity index (χ0v) is 16.6.